The summed E-state index contributed by atoms with van der Waals surface area (Å²) in [4.78, 5) is 9.36. The number of anilines is 2. The van der Waals surface area contributed by atoms with Crippen LogP contribution in [0.25, 0.3) is 22.4 Å². The Hall–Kier alpha value is -3.05. The molecule has 6 heteroatoms. The molecule has 2 aromatic heterocycles. The summed E-state index contributed by atoms with van der Waals surface area (Å²) in [6.45, 7) is 2.99. The Kier molecular flexibility index (Phi) is 5.17. The van der Waals surface area contributed by atoms with Crippen molar-refractivity contribution >= 4 is 34.1 Å². The Morgan fingerprint density at radius 3 is 2.57 bits per heavy atom. The Morgan fingerprint density at radius 2 is 1.89 bits per heavy atom. The molecule has 4 rings (SSSR count). The summed E-state index contributed by atoms with van der Waals surface area (Å²) in [7, 11) is 1.65. The molecule has 0 bridgehead atoms. The smallest absolute Gasteiger partial charge is 0.142 e. The highest BCUT2D eigenvalue weighted by Gasteiger charge is 2.14. The quantitative estimate of drug-likeness (QED) is 0.443. The number of halogens is 1. The number of fused-ring (bicyclic) bond motifs is 1. The van der Waals surface area contributed by atoms with Gasteiger partial charge in [-0.25, -0.2) is 9.97 Å². The van der Waals surface area contributed by atoms with E-state index in [0.717, 1.165) is 57.7 Å². The fourth-order valence-electron chi connectivity index (χ4n) is 3.23. The van der Waals surface area contributed by atoms with Crippen molar-refractivity contribution in [2.24, 2.45) is 0 Å². The topological polar surface area (TPSA) is 52.0 Å². The Bertz CT molecular complexity index is 1090. The lowest BCUT2D eigenvalue weighted by molar-refractivity contribution is 0.415. The molecule has 28 heavy (non-hydrogen) atoms. The highest BCUT2D eigenvalue weighted by Crippen LogP contribution is 2.30. The molecule has 0 fully saturated rings. The van der Waals surface area contributed by atoms with Gasteiger partial charge in [-0.3, -0.25) is 0 Å². The molecule has 0 aliphatic heterocycles. The zero-order chi connectivity index (χ0) is 19.5. The fraction of sp³-hybridized carbons (Fsp3) is 0.182. The number of aryl methyl sites for hydroxylation is 1. The molecular weight excluding hydrogens is 372 g/mol. The minimum Gasteiger partial charge on any atom is -0.497 e. The van der Waals surface area contributed by atoms with Crippen molar-refractivity contribution in [3.63, 3.8) is 0 Å². The molecule has 0 aliphatic carbocycles. The molecule has 142 valence electrons. The lowest BCUT2D eigenvalue weighted by Gasteiger charge is -2.10. The second kappa shape index (κ2) is 7.90. The summed E-state index contributed by atoms with van der Waals surface area (Å²) >= 11 is 6.44. The maximum absolute atomic E-state index is 6.44. The van der Waals surface area contributed by atoms with Crippen LogP contribution in [-0.2, 0) is 6.54 Å². The van der Waals surface area contributed by atoms with Gasteiger partial charge in [0.15, 0.2) is 0 Å². The first kappa shape index (κ1) is 18.3. The van der Waals surface area contributed by atoms with E-state index in [9.17, 15) is 0 Å². The van der Waals surface area contributed by atoms with Gasteiger partial charge in [-0.1, -0.05) is 24.6 Å². The summed E-state index contributed by atoms with van der Waals surface area (Å²) in [5.41, 5.74) is 3.78. The van der Waals surface area contributed by atoms with Crippen LogP contribution in [0.5, 0.6) is 5.75 Å². The number of rotatable bonds is 6. The number of benzene rings is 2. The monoisotopic (exact) mass is 392 g/mol. The number of para-hydroxylation sites is 1. The first-order valence-electron chi connectivity index (χ1n) is 9.22. The molecule has 1 N–H and O–H groups in total. The predicted octanol–water partition coefficient (Wildman–Crippen LogP) is 5.91. The van der Waals surface area contributed by atoms with E-state index in [1.165, 1.54) is 0 Å². The Labute approximate surface area is 169 Å². The number of aromatic nitrogens is 3. The summed E-state index contributed by atoms with van der Waals surface area (Å²) in [6.07, 6.45) is 2.83. The number of imidazole rings is 1. The summed E-state index contributed by atoms with van der Waals surface area (Å²) in [5, 5.41) is 4.01. The van der Waals surface area contributed by atoms with Gasteiger partial charge in [0, 0.05) is 24.0 Å². The van der Waals surface area contributed by atoms with Crippen molar-refractivity contribution in [1.29, 1.82) is 0 Å². The van der Waals surface area contributed by atoms with E-state index in [0.29, 0.717) is 0 Å². The highest BCUT2D eigenvalue weighted by atomic mass is 35.5. The lowest BCUT2D eigenvalue weighted by atomic mass is 10.2. The molecule has 0 aliphatic rings. The Morgan fingerprint density at radius 1 is 1.07 bits per heavy atom. The van der Waals surface area contributed by atoms with Gasteiger partial charge in [0.1, 0.15) is 17.4 Å². The van der Waals surface area contributed by atoms with Crippen LogP contribution in [0.4, 0.5) is 11.5 Å². The Balaban J connectivity index is 1.65. The maximum atomic E-state index is 6.44. The zero-order valence-electron chi connectivity index (χ0n) is 15.8. The number of hydrogen-bond acceptors (Lipinski definition) is 4. The molecule has 2 aromatic carbocycles. The number of hydrogen-bond donors (Lipinski definition) is 1. The fourth-order valence-corrected chi connectivity index (χ4v) is 3.50. The average Bonchev–Trinajstić information content (AvgIpc) is 3.09. The minimum absolute atomic E-state index is 0.718. The van der Waals surface area contributed by atoms with Gasteiger partial charge in [0.2, 0.25) is 0 Å². The molecular formula is C22H21ClN4O. The largest absolute Gasteiger partial charge is 0.497 e. The van der Waals surface area contributed by atoms with E-state index in [2.05, 4.69) is 21.8 Å². The van der Waals surface area contributed by atoms with E-state index in [1.807, 2.05) is 60.8 Å². The zero-order valence-corrected chi connectivity index (χ0v) is 16.6. The summed E-state index contributed by atoms with van der Waals surface area (Å²) in [6, 6.07) is 17.5. The number of methoxy groups -OCH3 is 1. The van der Waals surface area contributed by atoms with Crippen molar-refractivity contribution < 1.29 is 4.74 Å². The van der Waals surface area contributed by atoms with Crippen LogP contribution >= 0.6 is 11.6 Å². The minimum atomic E-state index is 0.718. The van der Waals surface area contributed by atoms with Crippen LogP contribution in [0.1, 0.15) is 13.3 Å². The van der Waals surface area contributed by atoms with Gasteiger partial charge in [-0.05, 0) is 55.0 Å². The van der Waals surface area contributed by atoms with Crippen molar-refractivity contribution in [3.05, 3.63) is 65.8 Å². The van der Waals surface area contributed by atoms with Gasteiger partial charge in [-0.2, -0.15) is 0 Å². The van der Waals surface area contributed by atoms with Crippen molar-refractivity contribution in [1.82, 2.24) is 14.5 Å². The molecule has 0 amide bonds. The van der Waals surface area contributed by atoms with Gasteiger partial charge in [0.05, 0.1) is 23.2 Å². The summed E-state index contributed by atoms with van der Waals surface area (Å²) < 4.78 is 7.36. The predicted molar refractivity (Wildman–Crippen MR) is 115 cm³/mol. The first-order chi connectivity index (χ1) is 13.7. The molecule has 0 unspecified atom stereocenters. The first-order valence-corrected chi connectivity index (χ1v) is 9.59. The standard InChI is InChI=1S/C22H21ClN4O/c1-3-13-27-21-18(23)5-4-6-19(21)26-22(27)15-7-12-20(24-14-15)25-16-8-10-17(28-2)11-9-16/h4-12,14H,3,13H2,1-2H3,(H,24,25). The van der Waals surface area contributed by atoms with Crippen LogP contribution in [0.2, 0.25) is 5.02 Å². The summed E-state index contributed by atoms with van der Waals surface area (Å²) in [5.74, 6) is 2.47. The van der Waals surface area contributed by atoms with Crippen LogP contribution in [-0.4, -0.2) is 21.6 Å². The number of pyridine rings is 1. The number of nitrogens with one attached hydrogen (secondary N) is 1. The average molecular weight is 393 g/mol. The van der Waals surface area contributed by atoms with Crippen LogP contribution in [0, 0.1) is 0 Å². The third-order valence-corrected chi connectivity index (χ3v) is 4.85. The van der Waals surface area contributed by atoms with E-state index >= 15 is 0 Å². The SMILES string of the molecule is CCCn1c(-c2ccc(Nc3ccc(OC)cc3)nc2)nc2cccc(Cl)c21. The maximum Gasteiger partial charge on any atom is 0.142 e. The molecule has 5 nitrogen and oxygen atoms in total. The highest BCUT2D eigenvalue weighted by molar-refractivity contribution is 6.35. The van der Waals surface area contributed by atoms with Crippen molar-refractivity contribution in [3.8, 4) is 17.1 Å². The third-order valence-electron chi connectivity index (χ3n) is 4.55. The molecule has 0 spiro atoms. The van der Waals surface area contributed by atoms with Crippen LogP contribution in [0.3, 0.4) is 0 Å². The molecule has 0 saturated heterocycles. The molecule has 0 atom stereocenters. The van der Waals surface area contributed by atoms with E-state index in [4.69, 9.17) is 21.3 Å². The molecule has 0 radical (unpaired) electrons. The van der Waals surface area contributed by atoms with Gasteiger partial charge in [-0.15, -0.1) is 0 Å². The number of nitrogens with zero attached hydrogens (tertiary/aromatic N) is 3. The molecule has 4 aromatic rings. The van der Waals surface area contributed by atoms with Gasteiger partial charge in [0.25, 0.3) is 0 Å². The van der Waals surface area contributed by atoms with E-state index < -0.39 is 0 Å². The van der Waals surface area contributed by atoms with Crippen molar-refractivity contribution in [2.45, 2.75) is 19.9 Å². The number of ether oxygens (including phenoxy) is 1. The molecule has 0 saturated carbocycles. The third kappa shape index (κ3) is 3.53. The van der Waals surface area contributed by atoms with Gasteiger partial charge >= 0.3 is 0 Å². The second-order valence-corrected chi connectivity index (χ2v) is 6.89. The van der Waals surface area contributed by atoms with Crippen molar-refractivity contribution in [2.75, 3.05) is 12.4 Å². The van der Waals surface area contributed by atoms with Crippen LogP contribution < -0.4 is 10.1 Å². The molecule has 2 heterocycles. The van der Waals surface area contributed by atoms with E-state index in [1.54, 1.807) is 7.11 Å². The van der Waals surface area contributed by atoms with Gasteiger partial charge < -0.3 is 14.6 Å². The normalized spacial score (nSPS) is 11.0. The lowest BCUT2D eigenvalue weighted by Crippen LogP contribution is -2.01. The van der Waals surface area contributed by atoms with Crippen LogP contribution in [0.15, 0.2) is 60.8 Å². The van der Waals surface area contributed by atoms with E-state index in [-0.39, 0.29) is 0 Å². The second-order valence-electron chi connectivity index (χ2n) is 6.48.